The van der Waals surface area contributed by atoms with Gasteiger partial charge in [-0.25, -0.2) is 4.79 Å². The Hall–Kier alpha value is -1.42. The van der Waals surface area contributed by atoms with Crippen LogP contribution in [-0.4, -0.2) is 13.2 Å². The van der Waals surface area contributed by atoms with Crippen LogP contribution in [0.4, 0.5) is 16.2 Å². The predicted molar refractivity (Wildman–Crippen MR) is 54.1 cm³/mol. The standard InChI is InChI=1S/C8H10N2O2.ClH/c1-12-8(11)10-7-4-2-6(9)3-5-7;/h2-5H,9H2,1H3,(H,10,11);1H. The van der Waals surface area contributed by atoms with Crippen molar-refractivity contribution in [2.45, 2.75) is 0 Å². The Morgan fingerprint density at radius 1 is 1.38 bits per heavy atom. The van der Waals surface area contributed by atoms with E-state index in [0.29, 0.717) is 11.4 Å². The van der Waals surface area contributed by atoms with E-state index >= 15 is 0 Å². The van der Waals surface area contributed by atoms with Crippen LogP contribution in [0.25, 0.3) is 0 Å². The van der Waals surface area contributed by atoms with Crippen molar-refractivity contribution in [1.29, 1.82) is 0 Å². The van der Waals surface area contributed by atoms with Gasteiger partial charge in [-0.05, 0) is 24.3 Å². The maximum absolute atomic E-state index is 10.7. The van der Waals surface area contributed by atoms with E-state index in [9.17, 15) is 4.79 Å². The summed E-state index contributed by atoms with van der Waals surface area (Å²) in [7, 11) is 1.31. The first-order valence-electron chi connectivity index (χ1n) is 3.43. The van der Waals surface area contributed by atoms with Crippen molar-refractivity contribution in [3.8, 4) is 0 Å². The van der Waals surface area contributed by atoms with Crippen LogP contribution in [0.15, 0.2) is 24.3 Å². The summed E-state index contributed by atoms with van der Waals surface area (Å²) in [6.45, 7) is 0. The zero-order valence-corrected chi connectivity index (χ0v) is 7.93. The topological polar surface area (TPSA) is 64.3 Å². The van der Waals surface area contributed by atoms with E-state index in [0.717, 1.165) is 0 Å². The van der Waals surface area contributed by atoms with Crippen molar-refractivity contribution in [2.75, 3.05) is 18.2 Å². The number of nitrogen functional groups attached to an aromatic ring is 1. The van der Waals surface area contributed by atoms with Crippen LogP contribution < -0.4 is 11.1 Å². The molecule has 0 saturated heterocycles. The number of amides is 1. The summed E-state index contributed by atoms with van der Waals surface area (Å²) in [6.07, 6.45) is -0.486. The molecule has 0 radical (unpaired) electrons. The van der Waals surface area contributed by atoms with Gasteiger partial charge in [-0.2, -0.15) is 0 Å². The Kier molecular flexibility index (Phi) is 4.69. The number of rotatable bonds is 1. The van der Waals surface area contributed by atoms with Crippen LogP contribution in [0.2, 0.25) is 0 Å². The Bertz CT molecular complexity index is 274. The zero-order chi connectivity index (χ0) is 8.97. The molecule has 0 aromatic heterocycles. The van der Waals surface area contributed by atoms with Crippen LogP contribution in [0, 0.1) is 0 Å². The number of nitrogens with two attached hydrogens (primary N) is 1. The SMILES string of the molecule is COC(=O)Nc1ccc(N)cc1.Cl. The fraction of sp³-hybridized carbons (Fsp3) is 0.125. The summed E-state index contributed by atoms with van der Waals surface area (Å²) in [6, 6.07) is 6.80. The number of ether oxygens (including phenoxy) is 1. The van der Waals surface area contributed by atoms with Gasteiger partial charge in [0.2, 0.25) is 0 Å². The third kappa shape index (κ3) is 3.66. The number of hydrogen-bond acceptors (Lipinski definition) is 3. The number of hydrogen-bond donors (Lipinski definition) is 2. The molecule has 0 atom stereocenters. The van der Waals surface area contributed by atoms with Gasteiger partial charge in [-0.15, -0.1) is 12.4 Å². The van der Waals surface area contributed by atoms with E-state index in [4.69, 9.17) is 5.73 Å². The quantitative estimate of drug-likeness (QED) is 0.684. The monoisotopic (exact) mass is 202 g/mol. The van der Waals surface area contributed by atoms with Gasteiger partial charge in [0.05, 0.1) is 7.11 Å². The summed E-state index contributed by atoms with van der Waals surface area (Å²) >= 11 is 0. The number of halogens is 1. The smallest absolute Gasteiger partial charge is 0.411 e. The van der Waals surface area contributed by atoms with E-state index in [-0.39, 0.29) is 12.4 Å². The van der Waals surface area contributed by atoms with E-state index in [1.165, 1.54) is 7.11 Å². The summed E-state index contributed by atoms with van der Waals surface area (Å²) < 4.78 is 4.40. The molecular formula is C8H11ClN2O2. The molecule has 0 aliphatic heterocycles. The van der Waals surface area contributed by atoms with Crippen molar-refractivity contribution < 1.29 is 9.53 Å². The number of carbonyl (C=O) groups is 1. The number of nitrogens with one attached hydrogen (secondary N) is 1. The number of carbonyl (C=O) groups excluding carboxylic acids is 1. The van der Waals surface area contributed by atoms with Gasteiger partial charge < -0.3 is 10.5 Å². The second-order valence-corrected chi connectivity index (χ2v) is 2.24. The highest BCUT2D eigenvalue weighted by molar-refractivity contribution is 5.85. The van der Waals surface area contributed by atoms with E-state index in [2.05, 4.69) is 10.1 Å². The van der Waals surface area contributed by atoms with Gasteiger partial charge in [0.15, 0.2) is 0 Å². The van der Waals surface area contributed by atoms with Crippen LogP contribution in [0.5, 0.6) is 0 Å². The van der Waals surface area contributed by atoms with E-state index < -0.39 is 6.09 Å². The Labute approximate surface area is 82.5 Å². The molecule has 0 unspecified atom stereocenters. The first-order chi connectivity index (χ1) is 5.72. The van der Waals surface area contributed by atoms with Crippen LogP contribution in [0.1, 0.15) is 0 Å². The van der Waals surface area contributed by atoms with Gasteiger partial charge in [0.1, 0.15) is 0 Å². The normalized spacial score (nSPS) is 8.38. The average Bonchev–Trinajstić information content (AvgIpc) is 2.09. The second kappa shape index (κ2) is 5.27. The lowest BCUT2D eigenvalue weighted by atomic mass is 10.3. The lowest BCUT2D eigenvalue weighted by Gasteiger charge is -2.02. The van der Waals surface area contributed by atoms with Crippen LogP contribution >= 0.6 is 12.4 Å². The molecular weight excluding hydrogens is 192 g/mol. The van der Waals surface area contributed by atoms with Gasteiger partial charge in [-0.1, -0.05) is 0 Å². The molecule has 0 spiro atoms. The summed E-state index contributed by atoms with van der Waals surface area (Å²) in [4.78, 5) is 10.7. The van der Waals surface area contributed by atoms with Gasteiger partial charge in [-0.3, -0.25) is 5.32 Å². The fourth-order valence-corrected chi connectivity index (χ4v) is 0.735. The molecule has 1 aromatic rings. The molecule has 3 N–H and O–H groups in total. The lowest BCUT2D eigenvalue weighted by Crippen LogP contribution is -2.10. The summed E-state index contributed by atoms with van der Waals surface area (Å²) in [5.74, 6) is 0. The average molecular weight is 203 g/mol. The maximum Gasteiger partial charge on any atom is 0.411 e. The first-order valence-corrected chi connectivity index (χ1v) is 3.43. The molecule has 1 rings (SSSR count). The summed E-state index contributed by atoms with van der Waals surface area (Å²) in [5.41, 5.74) is 6.77. The van der Waals surface area contributed by atoms with Crippen LogP contribution in [-0.2, 0) is 4.74 Å². The first kappa shape index (κ1) is 11.6. The Morgan fingerprint density at radius 2 is 1.92 bits per heavy atom. The highest BCUT2D eigenvalue weighted by Crippen LogP contribution is 2.10. The highest BCUT2D eigenvalue weighted by Gasteiger charge is 1.98. The zero-order valence-electron chi connectivity index (χ0n) is 7.11. The minimum atomic E-state index is -0.486. The van der Waals surface area contributed by atoms with Crippen molar-refractivity contribution >= 4 is 29.9 Å². The van der Waals surface area contributed by atoms with E-state index in [1.807, 2.05) is 0 Å². The van der Waals surface area contributed by atoms with E-state index in [1.54, 1.807) is 24.3 Å². The molecule has 1 amide bonds. The molecule has 13 heavy (non-hydrogen) atoms. The van der Waals surface area contributed by atoms with Crippen molar-refractivity contribution in [2.24, 2.45) is 0 Å². The summed E-state index contributed by atoms with van der Waals surface area (Å²) in [5, 5.41) is 2.50. The second-order valence-electron chi connectivity index (χ2n) is 2.24. The number of methoxy groups -OCH3 is 1. The molecule has 5 heteroatoms. The highest BCUT2D eigenvalue weighted by atomic mass is 35.5. The molecule has 4 nitrogen and oxygen atoms in total. The van der Waals surface area contributed by atoms with Gasteiger partial charge in [0, 0.05) is 11.4 Å². The third-order valence-electron chi connectivity index (χ3n) is 1.34. The molecule has 0 saturated carbocycles. The largest absolute Gasteiger partial charge is 0.453 e. The molecule has 0 heterocycles. The molecule has 0 aliphatic rings. The maximum atomic E-state index is 10.7. The predicted octanol–water partition coefficient (Wildman–Crippen LogP) is 1.87. The van der Waals surface area contributed by atoms with Crippen molar-refractivity contribution in [3.05, 3.63) is 24.3 Å². The Morgan fingerprint density at radius 3 is 2.38 bits per heavy atom. The number of benzene rings is 1. The molecule has 0 aliphatic carbocycles. The van der Waals surface area contributed by atoms with Gasteiger partial charge in [0.25, 0.3) is 0 Å². The molecule has 0 fully saturated rings. The molecule has 0 bridgehead atoms. The Balaban J connectivity index is 0.00000144. The molecule has 72 valence electrons. The minimum Gasteiger partial charge on any atom is -0.453 e. The fourth-order valence-electron chi connectivity index (χ4n) is 0.735. The van der Waals surface area contributed by atoms with Crippen LogP contribution in [0.3, 0.4) is 0 Å². The number of anilines is 2. The van der Waals surface area contributed by atoms with Crippen molar-refractivity contribution in [1.82, 2.24) is 0 Å². The minimum absolute atomic E-state index is 0. The van der Waals surface area contributed by atoms with Crippen molar-refractivity contribution in [3.63, 3.8) is 0 Å². The van der Waals surface area contributed by atoms with Gasteiger partial charge >= 0.3 is 6.09 Å². The molecule has 1 aromatic carbocycles. The third-order valence-corrected chi connectivity index (χ3v) is 1.34. The lowest BCUT2D eigenvalue weighted by molar-refractivity contribution is 0.187.